The van der Waals surface area contributed by atoms with Gasteiger partial charge in [-0.15, -0.1) is 0 Å². The molecule has 0 saturated carbocycles. The van der Waals surface area contributed by atoms with E-state index in [9.17, 15) is 0 Å². The molecular weight excluding hydrogens is 751 g/mol. The molecule has 0 N–H and O–H groups in total. The van der Waals surface area contributed by atoms with Gasteiger partial charge in [-0.25, -0.2) is 0 Å². The molecule has 0 spiro atoms. The zero-order valence-electron chi connectivity index (χ0n) is 32.5. The topological polar surface area (TPSA) is 0 Å². The number of hydrogen-bond acceptors (Lipinski definition) is 0. The maximum absolute atomic E-state index is 6.59. The summed E-state index contributed by atoms with van der Waals surface area (Å²) in [6.45, 7) is 16.4. The summed E-state index contributed by atoms with van der Waals surface area (Å²) in [5, 5.41) is 0.772. The summed E-state index contributed by atoms with van der Waals surface area (Å²) in [6.07, 6.45) is 9.57. The van der Waals surface area contributed by atoms with Crippen LogP contribution in [0.5, 0.6) is 0 Å². The number of benzene rings is 6. The Labute approximate surface area is 335 Å². The molecule has 6 aromatic rings. The van der Waals surface area contributed by atoms with Crippen LogP contribution in [-0.2, 0) is 32.1 Å². The van der Waals surface area contributed by atoms with Gasteiger partial charge in [-0.3, -0.25) is 0 Å². The summed E-state index contributed by atoms with van der Waals surface area (Å²) in [7, 11) is 0. The van der Waals surface area contributed by atoms with Crippen LogP contribution in [0, 0.1) is 6.92 Å². The van der Waals surface area contributed by atoms with Crippen LogP contribution in [0.4, 0.5) is 0 Å². The summed E-state index contributed by atoms with van der Waals surface area (Å²) in [5.41, 5.74) is 17.7. The Morgan fingerprint density at radius 2 is 0.944 bits per heavy atom. The monoisotopic (exact) mass is 798 g/mol. The SMILES string of the molecule is Cc1ccc([C](c2ccc(Cl)cc2)=[Zr]([CH]2C=CC=C2)[CH]2c3cc(-c4ccccc4)c(C(C)(C)C)cc3-c3cc(C(C)(C)C)c(-c4ccccc4)cc32)cc1. The van der Waals surface area contributed by atoms with Crippen molar-refractivity contribution < 1.29 is 21.3 Å². The Kier molecular flexibility index (Phi) is 9.87. The fraction of sp³-hybridized carbons (Fsp3) is 0.212. The van der Waals surface area contributed by atoms with Crippen molar-refractivity contribution in [1.29, 1.82) is 0 Å². The fourth-order valence-corrected chi connectivity index (χ4v) is 18.1. The average Bonchev–Trinajstić information content (AvgIpc) is 3.80. The summed E-state index contributed by atoms with van der Waals surface area (Å²) >= 11 is 3.64. The molecule has 54 heavy (non-hydrogen) atoms. The van der Waals surface area contributed by atoms with Crippen molar-refractivity contribution in [3.63, 3.8) is 0 Å². The molecule has 0 saturated heterocycles. The van der Waals surface area contributed by atoms with Crippen molar-refractivity contribution in [2.45, 2.75) is 66.5 Å². The van der Waals surface area contributed by atoms with Gasteiger partial charge in [0.25, 0.3) is 0 Å². The first kappa shape index (κ1) is 36.8. The van der Waals surface area contributed by atoms with Crippen molar-refractivity contribution in [2.24, 2.45) is 0 Å². The van der Waals surface area contributed by atoms with Crippen LogP contribution in [-0.4, -0.2) is 3.21 Å². The molecule has 0 aromatic heterocycles. The molecule has 2 aliphatic rings. The van der Waals surface area contributed by atoms with Crippen LogP contribution >= 0.6 is 11.6 Å². The predicted molar refractivity (Wildman–Crippen MR) is 230 cm³/mol. The zero-order chi connectivity index (χ0) is 37.8. The van der Waals surface area contributed by atoms with Gasteiger partial charge in [-0.2, -0.15) is 0 Å². The summed E-state index contributed by atoms with van der Waals surface area (Å²) in [6, 6.07) is 50.6. The van der Waals surface area contributed by atoms with Crippen LogP contribution in [0.3, 0.4) is 0 Å². The van der Waals surface area contributed by atoms with Crippen LogP contribution in [0.2, 0.25) is 8.65 Å². The number of hydrogen-bond donors (Lipinski definition) is 0. The molecular formula is C52H49ClZr. The molecule has 0 radical (unpaired) electrons. The van der Waals surface area contributed by atoms with E-state index in [-0.39, 0.29) is 14.5 Å². The van der Waals surface area contributed by atoms with E-state index >= 15 is 0 Å². The molecule has 0 nitrogen and oxygen atoms in total. The van der Waals surface area contributed by atoms with E-state index < -0.39 is 21.3 Å². The third kappa shape index (κ3) is 6.96. The van der Waals surface area contributed by atoms with Gasteiger partial charge < -0.3 is 0 Å². The van der Waals surface area contributed by atoms with Gasteiger partial charge in [0, 0.05) is 0 Å². The van der Waals surface area contributed by atoms with E-state index in [1.807, 2.05) is 0 Å². The van der Waals surface area contributed by atoms with Gasteiger partial charge in [-0.05, 0) is 0 Å². The summed E-state index contributed by atoms with van der Waals surface area (Å²) < 4.78 is 2.20. The molecule has 2 aliphatic carbocycles. The van der Waals surface area contributed by atoms with E-state index in [2.05, 4.69) is 206 Å². The Hall–Kier alpha value is -4.16. The van der Waals surface area contributed by atoms with Crippen LogP contribution in [0.25, 0.3) is 33.4 Å². The minimum absolute atomic E-state index is 0.0453. The summed E-state index contributed by atoms with van der Waals surface area (Å²) in [4.78, 5) is 0. The molecule has 0 amide bonds. The van der Waals surface area contributed by atoms with Gasteiger partial charge in [0.05, 0.1) is 0 Å². The maximum atomic E-state index is 6.59. The predicted octanol–water partition coefficient (Wildman–Crippen LogP) is 14.4. The first-order valence-electron chi connectivity index (χ1n) is 19.3. The average molecular weight is 801 g/mol. The van der Waals surface area contributed by atoms with Crippen molar-refractivity contribution in [3.05, 3.63) is 202 Å². The van der Waals surface area contributed by atoms with Crippen molar-refractivity contribution >= 4 is 14.8 Å². The van der Waals surface area contributed by atoms with E-state index in [0.29, 0.717) is 3.63 Å². The van der Waals surface area contributed by atoms with Crippen molar-refractivity contribution in [1.82, 2.24) is 0 Å². The van der Waals surface area contributed by atoms with E-state index in [0.717, 1.165) is 5.02 Å². The Morgan fingerprint density at radius 1 is 0.519 bits per heavy atom. The van der Waals surface area contributed by atoms with Crippen molar-refractivity contribution in [3.8, 4) is 33.4 Å². The second-order valence-corrected chi connectivity index (χ2v) is 24.1. The van der Waals surface area contributed by atoms with Gasteiger partial charge in [0.15, 0.2) is 0 Å². The number of allylic oxidation sites excluding steroid dienone is 4. The van der Waals surface area contributed by atoms with E-state index in [1.165, 1.54) is 72.3 Å². The first-order valence-corrected chi connectivity index (χ1v) is 23.7. The third-order valence-corrected chi connectivity index (χ3v) is 20.1. The van der Waals surface area contributed by atoms with E-state index in [1.54, 1.807) is 3.21 Å². The van der Waals surface area contributed by atoms with Gasteiger partial charge >= 0.3 is 338 Å². The first-order chi connectivity index (χ1) is 25.9. The molecule has 8 rings (SSSR count). The molecule has 268 valence electrons. The quantitative estimate of drug-likeness (QED) is 0.157. The Bertz CT molecular complexity index is 2270. The van der Waals surface area contributed by atoms with Crippen molar-refractivity contribution in [2.75, 3.05) is 0 Å². The van der Waals surface area contributed by atoms with Gasteiger partial charge in [0.2, 0.25) is 0 Å². The second-order valence-electron chi connectivity index (χ2n) is 17.1. The molecule has 0 fully saturated rings. The van der Waals surface area contributed by atoms with Crippen LogP contribution in [0.1, 0.15) is 84.1 Å². The number of fused-ring (bicyclic) bond motifs is 3. The number of aryl methyl sites for hydroxylation is 1. The molecule has 0 heterocycles. The number of halogens is 1. The Morgan fingerprint density at radius 3 is 1.37 bits per heavy atom. The third-order valence-electron chi connectivity index (χ3n) is 11.3. The molecule has 6 aromatic carbocycles. The summed E-state index contributed by atoms with van der Waals surface area (Å²) in [5.74, 6) is 0. The van der Waals surface area contributed by atoms with Crippen LogP contribution in [0.15, 0.2) is 158 Å². The Balaban J connectivity index is 1.55. The fourth-order valence-electron chi connectivity index (χ4n) is 8.61. The second kappa shape index (κ2) is 14.5. The number of rotatable bonds is 6. The normalized spacial score (nSPS) is 14.7. The minimum atomic E-state index is -2.95. The molecule has 2 heteroatoms. The van der Waals surface area contributed by atoms with E-state index in [4.69, 9.17) is 11.6 Å². The van der Waals surface area contributed by atoms with Crippen LogP contribution < -0.4 is 0 Å². The molecule has 0 aliphatic heterocycles. The van der Waals surface area contributed by atoms with Gasteiger partial charge in [0.1, 0.15) is 0 Å². The standard InChI is InChI=1S/C33H33.C14H11Cl.C5H5.Zr/c1-32(2,3)30-20-26-24(18-28(30)22-13-9-7-10-14-22)17-25-19-29(23-15-11-8-12-16-23)31(21-27(25)26)33(4,5)6;1-11-2-4-12(5-3-11)10-13-6-8-14(15)9-7-13;1-2-4-5-3-1;/h7-21H,1-6H3;2-9H,1H3;1-5H;. The molecule has 0 atom stereocenters. The zero-order valence-corrected chi connectivity index (χ0v) is 35.8. The molecule has 0 bridgehead atoms. The molecule has 0 unspecified atom stereocenters. The van der Waals surface area contributed by atoms with Gasteiger partial charge in [-0.1, -0.05) is 0 Å².